The molecular weight excluding hydrogens is 871 g/mol. The Labute approximate surface area is 410 Å². The summed E-state index contributed by atoms with van der Waals surface area (Å²) in [6.07, 6.45) is 31.4. The van der Waals surface area contributed by atoms with Crippen LogP contribution in [0.1, 0.15) is 194 Å². The van der Waals surface area contributed by atoms with E-state index in [0.29, 0.717) is 6.42 Å². The van der Waals surface area contributed by atoms with Crippen LogP contribution in [0.3, 0.4) is 0 Å². The van der Waals surface area contributed by atoms with Gasteiger partial charge >= 0.3 is 0 Å². The molecule has 0 aliphatic carbocycles. The Kier molecular flexibility index (Phi) is 37.0. The lowest BCUT2D eigenvalue weighted by Crippen LogP contribution is -2.65. The minimum atomic E-state index is -1.79. The van der Waals surface area contributed by atoms with Crippen LogP contribution in [0.25, 0.3) is 0 Å². The number of carbonyl (C=O) groups is 1. The lowest BCUT2D eigenvalue weighted by atomic mass is 9.97. The first kappa shape index (κ1) is 62.1. The van der Waals surface area contributed by atoms with Crippen molar-refractivity contribution >= 4 is 5.91 Å². The number of ether oxygens (including phenoxy) is 4. The third kappa shape index (κ3) is 27.0. The molecule has 0 aromatic carbocycles. The number of aliphatic hydroxyl groups excluding tert-OH is 8. The van der Waals surface area contributed by atoms with Gasteiger partial charge in [0, 0.05) is 6.42 Å². The molecule has 1 amide bonds. The number of hydrogen-bond acceptors (Lipinski definition) is 13. The molecule has 0 saturated carbocycles. The summed E-state index contributed by atoms with van der Waals surface area (Å²) in [7, 11) is 0. The second-order valence-electron chi connectivity index (χ2n) is 19.0. The maximum atomic E-state index is 13.2. The van der Waals surface area contributed by atoms with E-state index in [-0.39, 0.29) is 18.9 Å². The summed E-state index contributed by atoms with van der Waals surface area (Å²) >= 11 is 0. The van der Waals surface area contributed by atoms with Crippen LogP contribution in [-0.4, -0.2) is 140 Å². The smallest absolute Gasteiger partial charge is 0.220 e. The van der Waals surface area contributed by atoms with Gasteiger partial charge in [0.05, 0.1) is 32.0 Å². The number of hydrogen-bond donors (Lipinski definition) is 9. The summed E-state index contributed by atoms with van der Waals surface area (Å²) in [6.45, 7) is 2.75. The summed E-state index contributed by atoms with van der Waals surface area (Å²) in [6, 6.07) is -0.921. The third-order valence-electron chi connectivity index (χ3n) is 13.0. The Hall–Kier alpha value is -2.05. The summed E-state index contributed by atoms with van der Waals surface area (Å²) < 4.78 is 22.7. The molecule has 396 valence electrons. The molecule has 0 aromatic heterocycles. The van der Waals surface area contributed by atoms with Gasteiger partial charge in [-0.3, -0.25) is 4.79 Å². The minimum Gasteiger partial charge on any atom is -0.394 e. The highest BCUT2D eigenvalue weighted by Crippen LogP contribution is 2.30. The van der Waals surface area contributed by atoms with Crippen molar-refractivity contribution in [2.24, 2.45) is 0 Å². The molecule has 14 heteroatoms. The van der Waals surface area contributed by atoms with E-state index in [2.05, 4.69) is 55.6 Å². The van der Waals surface area contributed by atoms with E-state index in [1.165, 1.54) is 96.3 Å². The molecule has 12 unspecified atom stereocenters. The minimum absolute atomic E-state index is 0.254. The predicted molar refractivity (Wildman–Crippen MR) is 267 cm³/mol. The zero-order chi connectivity index (χ0) is 49.6. The maximum absolute atomic E-state index is 13.2. The molecule has 2 aliphatic rings. The Bertz CT molecular complexity index is 1330. The molecule has 68 heavy (non-hydrogen) atoms. The number of carbonyl (C=O) groups excluding carboxylic acids is 1. The van der Waals surface area contributed by atoms with Crippen molar-refractivity contribution in [3.05, 3.63) is 48.6 Å². The van der Waals surface area contributed by atoms with Crippen LogP contribution in [-0.2, 0) is 23.7 Å². The van der Waals surface area contributed by atoms with Gasteiger partial charge < -0.3 is 65.1 Å². The highest BCUT2D eigenvalue weighted by molar-refractivity contribution is 5.76. The monoisotopic (exact) mass is 968 g/mol. The number of rotatable bonds is 41. The molecule has 2 saturated heterocycles. The van der Waals surface area contributed by atoms with E-state index < -0.39 is 86.8 Å². The number of amides is 1. The van der Waals surface area contributed by atoms with E-state index in [0.717, 1.165) is 70.6 Å². The van der Waals surface area contributed by atoms with E-state index in [1.807, 2.05) is 6.08 Å². The van der Waals surface area contributed by atoms with Crippen LogP contribution in [0.2, 0.25) is 0 Å². The van der Waals surface area contributed by atoms with Crippen molar-refractivity contribution in [2.75, 3.05) is 19.8 Å². The Morgan fingerprint density at radius 2 is 0.971 bits per heavy atom. The molecule has 14 nitrogen and oxygen atoms in total. The van der Waals surface area contributed by atoms with E-state index >= 15 is 0 Å². The second-order valence-corrected chi connectivity index (χ2v) is 19.0. The van der Waals surface area contributed by atoms with Gasteiger partial charge in [-0.05, 0) is 57.8 Å². The van der Waals surface area contributed by atoms with E-state index in [1.54, 1.807) is 6.08 Å². The summed E-state index contributed by atoms with van der Waals surface area (Å²) in [4.78, 5) is 13.2. The largest absolute Gasteiger partial charge is 0.394 e. The van der Waals surface area contributed by atoms with Crippen molar-refractivity contribution in [1.29, 1.82) is 0 Å². The zero-order valence-electron chi connectivity index (χ0n) is 42.1. The first-order chi connectivity index (χ1) is 33.1. The van der Waals surface area contributed by atoms with Crippen LogP contribution < -0.4 is 5.32 Å². The van der Waals surface area contributed by atoms with Crippen LogP contribution in [0.5, 0.6) is 0 Å². The van der Waals surface area contributed by atoms with E-state index in [9.17, 15) is 45.6 Å². The van der Waals surface area contributed by atoms with Gasteiger partial charge in [0.1, 0.15) is 48.8 Å². The Morgan fingerprint density at radius 3 is 1.49 bits per heavy atom. The number of nitrogens with one attached hydrogen (secondary N) is 1. The van der Waals surface area contributed by atoms with Gasteiger partial charge in [-0.1, -0.05) is 178 Å². The standard InChI is InChI=1S/C54H97NO13/c1-3-5-7-9-11-13-15-17-18-19-20-21-22-23-24-26-28-30-32-34-36-38-46(59)55-42(43(58)37-35-33-31-29-27-25-16-14-12-10-8-6-4-2)41-65-53-51(64)49(62)52(45(40-57)67-53)68-54-50(63)48(61)47(60)44(39-56)66-54/h15,17,19-20,22-23,35,37,42-45,47-54,56-58,60-64H,3-14,16,18,21,24-34,36,38-41H2,1-2H3,(H,55,59)/b17-15-,20-19-,23-22-,37-35+. The lowest BCUT2D eigenvalue weighted by molar-refractivity contribution is -0.359. The molecule has 2 aliphatic heterocycles. The highest BCUT2D eigenvalue weighted by Gasteiger charge is 2.51. The normalized spacial score (nSPS) is 26.7. The molecule has 0 aromatic rings. The molecule has 2 heterocycles. The fraction of sp³-hybridized carbons (Fsp3) is 0.833. The molecule has 12 atom stereocenters. The fourth-order valence-corrected chi connectivity index (χ4v) is 8.59. The van der Waals surface area contributed by atoms with Gasteiger partial charge in [0.15, 0.2) is 12.6 Å². The molecule has 9 N–H and O–H groups in total. The average molecular weight is 968 g/mol. The van der Waals surface area contributed by atoms with Crippen molar-refractivity contribution in [3.63, 3.8) is 0 Å². The van der Waals surface area contributed by atoms with Crippen molar-refractivity contribution in [3.8, 4) is 0 Å². The average Bonchev–Trinajstić information content (AvgIpc) is 3.34. The Balaban J connectivity index is 1.82. The van der Waals surface area contributed by atoms with Crippen LogP contribution in [0.4, 0.5) is 0 Å². The van der Waals surface area contributed by atoms with Gasteiger partial charge in [-0.2, -0.15) is 0 Å². The van der Waals surface area contributed by atoms with Crippen molar-refractivity contribution in [2.45, 2.75) is 267 Å². The predicted octanol–water partition coefficient (Wildman–Crippen LogP) is 7.66. The third-order valence-corrected chi connectivity index (χ3v) is 13.0. The summed E-state index contributed by atoms with van der Waals surface area (Å²) in [5, 5.41) is 86.8. The van der Waals surface area contributed by atoms with Crippen LogP contribution in [0.15, 0.2) is 48.6 Å². The number of unbranched alkanes of at least 4 members (excludes halogenated alkanes) is 22. The summed E-state index contributed by atoms with van der Waals surface area (Å²) in [5.41, 5.74) is 0. The Morgan fingerprint density at radius 1 is 0.529 bits per heavy atom. The van der Waals surface area contributed by atoms with Crippen molar-refractivity contribution in [1.82, 2.24) is 5.32 Å². The van der Waals surface area contributed by atoms with Crippen LogP contribution in [0, 0.1) is 0 Å². The zero-order valence-corrected chi connectivity index (χ0v) is 42.1. The van der Waals surface area contributed by atoms with Gasteiger partial charge in [0.2, 0.25) is 5.91 Å². The SMILES string of the molecule is CCCCCCC/C=C\C/C=C\C/C=C\CCCCCCCCC(=O)NC(COC1OC(CO)C(OC2OC(CO)C(O)C(O)C2O)C(O)C1O)C(O)/C=C/CCCCCCCCCCCCC. The molecule has 0 spiro atoms. The number of aliphatic hydroxyl groups is 8. The first-order valence-electron chi connectivity index (χ1n) is 26.9. The molecule has 2 rings (SSSR count). The second kappa shape index (κ2) is 40.5. The van der Waals surface area contributed by atoms with E-state index in [4.69, 9.17) is 18.9 Å². The lowest BCUT2D eigenvalue weighted by Gasteiger charge is -2.46. The first-order valence-corrected chi connectivity index (χ1v) is 26.9. The van der Waals surface area contributed by atoms with Crippen molar-refractivity contribution < 1.29 is 64.6 Å². The molecule has 0 radical (unpaired) electrons. The molecule has 0 bridgehead atoms. The fourth-order valence-electron chi connectivity index (χ4n) is 8.59. The molecule has 2 fully saturated rings. The van der Waals surface area contributed by atoms with Gasteiger partial charge in [-0.25, -0.2) is 0 Å². The van der Waals surface area contributed by atoms with Gasteiger partial charge in [0.25, 0.3) is 0 Å². The maximum Gasteiger partial charge on any atom is 0.220 e. The number of allylic oxidation sites excluding steroid dienone is 7. The highest BCUT2D eigenvalue weighted by atomic mass is 16.7. The quantitative estimate of drug-likeness (QED) is 0.0212. The topological polar surface area (TPSA) is 228 Å². The molecular formula is C54H97NO13. The van der Waals surface area contributed by atoms with Crippen LogP contribution >= 0.6 is 0 Å². The van der Waals surface area contributed by atoms with Gasteiger partial charge in [-0.15, -0.1) is 0 Å². The summed E-state index contributed by atoms with van der Waals surface area (Å²) in [5.74, 6) is -0.254.